The topological polar surface area (TPSA) is 68.0 Å². The molecule has 108 valence electrons. The minimum absolute atomic E-state index is 0.0315. The summed E-state index contributed by atoms with van der Waals surface area (Å²) in [7, 11) is 0. The zero-order chi connectivity index (χ0) is 15.2. The van der Waals surface area contributed by atoms with Gasteiger partial charge in [0.25, 0.3) is 0 Å². The smallest absolute Gasteiger partial charge is 0.434 e. The lowest BCUT2D eigenvalue weighted by atomic mass is 10.2. The summed E-state index contributed by atoms with van der Waals surface area (Å²) in [4.78, 5) is 15.0. The molecule has 1 N–H and O–H groups in total. The Balaban J connectivity index is 2.25. The first-order valence-corrected chi connectivity index (χ1v) is 6.44. The fourth-order valence-corrected chi connectivity index (χ4v) is 2.80. The number of carbonyl (C=O) groups is 1. The van der Waals surface area contributed by atoms with Gasteiger partial charge < -0.3 is 5.11 Å². The Bertz CT molecular complexity index is 805. The maximum Gasteiger partial charge on any atom is 0.434 e. The number of rotatable bonds is 2. The summed E-state index contributed by atoms with van der Waals surface area (Å²) in [5.41, 5.74) is -1.71. The average Bonchev–Trinajstić information content (AvgIpc) is 3.01. The Morgan fingerprint density at radius 2 is 2.00 bits per heavy atom. The van der Waals surface area contributed by atoms with Gasteiger partial charge in [0.1, 0.15) is 5.56 Å². The molecule has 3 rings (SSSR count). The summed E-state index contributed by atoms with van der Waals surface area (Å²) < 4.78 is 40.5. The molecule has 0 aliphatic rings. The number of alkyl halides is 3. The number of carboxylic acids is 1. The molecule has 0 radical (unpaired) electrons. The van der Waals surface area contributed by atoms with Crippen LogP contribution in [0.5, 0.6) is 0 Å². The lowest BCUT2D eigenvalue weighted by Crippen LogP contribution is -2.17. The number of benzene rings is 1. The first-order chi connectivity index (χ1) is 9.88. The fourth-order valence-electron chi connectivity index (χ4n) is 1.87. The summed E-state index contributed by atoms with van der Waals surface area (Å²) >= 11 is 1.00. The number of thiazole rings is 1. The highest BCUT2D eigenvalue weighted by Crippen LogP contribution is 2.35. The van der Waals surface area contributed by atoms with Gasteiger partial charge in [-0.25, -0.2) is 14.5 Å². The van der Waals surface area contributed by atoms with Gasteiger partial charge in [-0.3, -0.25) is 0 Å². The Kier molecular flexibility index (Phi) is 2.94. The van der Waals surface area contributed by atoms with E-state index in [0.717, 1.165) is 11.3 Å². The molecule has 21 heavy (non-hydrogen) atoms. The van der Waals surface area contributed by atoms with Crippen LogP contribution in [0, 0.1) is 0 Å². The maximum absolute atomic E-state index is 13.1. The number of hydrogen-bond donors (Lipinski definition) is 1. The molecule has 0 fully saturated rings. The standard InChI is InChI=1S/C12H6F3N3O2S/c13-12(14,15)9-6(10(19)20)5-16-18(9)11-17-7-3-1-2-4-8(7)21-11/h1-5H,(H,19,20). The largest absolute Gasteiger partial charge is 0.478 e. The molecule has 0 amide bonds. The SMILES string of the molecule is O=C(O)c1cnn(-c2nc3ccccc3s2)c1C(F)(F)F. The van der Waals surface area contributed by atoms with E-state index in [0.29, 0.717) is 21.1 Å². The number of nitrogens with zero attached hydrogens (tertiary/aromatic N) is 3. The van der Waals surface area contributed by atoms with Gasteiger partial charge in [-0.15, -0.1) is 0 Å². The van der Waals surface area contributed by atoms with E-state index < -0.39 is 23.4 Å². The van der Waals surface area contributed by atoms with E-state index >= 15 is 0 Å². The van der Waals surface area contributed by atoms with Crippen molar-refractivity contribution in [1.82, 2.24) is 14.8 Å². The van der Waals surface area contributed by atoms with Crippen LogP contribution in [0.15, 0.2) is 30.5 Å². The molecule has 0 saturated heterocycles. The van der Waals surface area contributed by atoms with E-state index in [1.165, 1.54) is 0 Å². The second-order valence-corrected chi connectivity index (χ2v) is 5.09. The minimum atomic E-state index is -4.85. The number of fused-ring (bicyclic) bond motifs is 1. The van der Waals surface area contributed by atoms with Crippen molar-refractivity contribution < 1.29 is 23.1 Å². The summed E-state index contributed by atoms with van der Waals surface area (Å²) in [6.07, 6.45) is -4.17. The Morgan fingerprint density at radius 1 is 1.29 bits per heavy atom. The van der Waals surface area contributed by atoms with Crippen molar-refractivity contribution in [3.05, 3.63) is 41.7 Å². The third-order valence-electron chi connectivity index (χ3n) is 2.73. The van der Waals surface area contributed by atoms with Crippen LogP contribution in [-0.2, 0) is 6.18 Å². The number of aromatic carboxylic acids is 1. The zero-order valence-electron chi connectivity index (χ0n) is 10.1. The first-order valence-electron chi connectivity index (χ1n) is 5.62. The lowest BCUT2D eigenvalue weighted by molar-refractivity contribution is -0.143. The molecular formula is C12H6F3N3O2S. The van der Waals surface area contributed by atoms with Crippen molar-refractivity contribution in [3.63, 3.8) is 0 Å². The van der Waals surface area contributed by atoms with Gasteiger partial charge in [0, 0.05) is 0 Å². The van der Waals surface area contributed by atoms with Gasteiger partial charge in [-0.05, 0) is 12.1 Å². The van der Waals surface area contributed by atoms with Crippen molar-refractivity contribution in [3.8, 4) is 5.13 Å². The number of para-hydroxylation sites is 1. The molecule has 0 unspecified atom stereocenters. The molecule has 5 nitrogen and oxygen atoms in total. The van der Waals surface area contributed by atoms with Gasteiger partial charge in [0.2, 0.25) is 5.13 Å². The third kappa shape index (κ3) is 2.25. The van der Waals surface area contributed by atoms with Gasteiger partial charge in [0.05, 0.1) is 16.4 Å². The van der Waals surface area contributed by atoms with Crippen LogP contribution < -0.4 is 0 Å². The zero-order valence-corrected chi connectivity index (χ0v) is 10.9. The summed E-state index contributed by atoms with van der Waals surface area (Å²) in [5.74, 6) is -1.69. The number of carboxylic acid groups (broad SMARTS) is 1. The van der Waals surface area contributed by atoms with Crippen LogP contribution in [0.2, 0.25) is 0 Å². The number of halogens is 3. The molecule has 0 bridgehead atoms. The van der Waals surface area contributed by atoms with E-state index in [-0.39, 0.29) is 5.13 Å². The predicted molar refractivity (Wildman–Crippen MR) is 68.7 cm³/mol. The molecule has 3 aromatic rings. The van der Waals surface area contributed by atoms with Gasteiger partial charge >= 0.3 is 12.1 Å². The van der Waals surface area contributed by atoms with Crippen LogP contribution in [0.25, 0.3) is 15.3 Å². The molecule has 0 aliphatic carbocycles. The minimum Gasteiger partial charge on any atom is -0.478 e. The van der Waals surface area contributed by atoms with Gasteiger partial charge in [-0.1, -0.05) is 23.5 Å². The van der Waals surface area contributed by atoms with E-state index in [2.05, 4.69) is 10.1 Å². The maximum atomic E-state index is 13.1. The van der Waals surface area contributed by atoms with E-state index in [4.69, 9.17) is 5.11 Å². The van der Waals surface area contributed by atoms with E-state index in [1.54, 1.807) is 24.3 Å². The van der Waals surface area contributed by atoms with Gasteiger partial charge in [-0.2, -0.15) is 18.3 Å². The third-order valence-corrected chi connectivity index (χ3v) is 3.74. The van der Waals surface area contributed by atoms with Crippen molar-refractivity contribution in [2.75, 3.05) is 0 Å². The van der Waals surface area contributed by atoms with Crippen molar-refractivity contribution in [2.45, 2.75) is 6.18 Å². The van der Waals surface area contributed by atoms with Crippen LogP contribution in [0.3, 0.4) is 0 Å². The van der Waals surface area contributed by atoms with Crippen LogP contribution in [0.4, 0.5) is 13.2 Å². The molecule has 2 aromatic heterocycles. The van der Waals surface area contributed by atoms with Crippen molar-refractivity contribution in [1.29, 1.82) is 0 Å². The normalized spacial score (nSPS) is 12.0. The summed E-state index contributed by atoms with van der Waals surface area (Å²) in [6.45, 7) is 0. The van der Waals surface area contributed by atoms with Crippen LogP contribution in [0.1, 0.15) is 16.1 Å². The second-order valence-electron chi connectivity index (χ2n) is 4.09. The quantitative estimate of drug-likeness (QED) is 0.789. The van der Waals surface area contributed by atoms with Crippen LogP contribution >= 0.6 is 11.3 Å². The number of hydrogen-bond acceptors (Lipinski definition) is 4. The Hall–Kier alpha value is -2.42. The molecule has 0 saturated carbocycles. The average molecular weight is 313 g/mol. The molecule has 0 aliphatic heterocycles. The molecule has 1 aromatic carbocycles. The fraction of sp³-hybridized carbons (Fsp3) is 0.0833. The van der Waals surface area contributed by atoms with Crippen molar-refractivity contribution in [2.24, 2.45) is 0 Å². The van der Waals surface area contributed by atoms with Crippen LogP contribution in [-0.4, -0.2) is 25.8 Å². The summed E-state index contributed by atoms with van der Waals surface area (Å²) in [6, 6.07) is 6.82. The molecular weight excluding hydrogens is 307 g/mol. The van der Waals surface area contributed by atoms with E-state index in [9.17, 15) is 18.0 Å². The van der Waals surface area contributed by atoms with E-state index in [1.807, 2.05) is 0 Å². The lowest BCUT2D eigenvalue weighted by Gasteiger charge is -2.08. The Morgan fingerprint density at radius 3 is 2.62 bits per heavy atom. The molecule has 9 heteroatoms. The summed E-state index contributed by atoms with van der Waals surface area (Å²) in [5, 5.41) is 12.4. The first kappa shape index (κ1) is 13.6. The monoisotopic (exact) mass is 313 g/mol. The second kappa shape index (κ2) is 4.55. The highest BCUT2D eigenvalue weighted by atomic mass is 32.1. The van der Waals surface area contributed by atoms with Gasteiger partial charge in [0.15, 0.2) is 5.69 Å². The Labute approximate surface area is 119 Å². The molecule has 2 heterocycles. The highest BCUT2D eigenvalue weighted by Gasteiger charge is 2.41. The highest BCUT2D eigenvalue weighted by molar-refractivity contribution is 7.20. The predicted octanol–water partition coefficient (Wildman–Crippen LogP) is 3.20. The van der Waals surface area contributed by atoms with Crippen molar-refractivity contribution >= 4 is 27.5 Å². The molecule has 0 atom stereocenters. The number of aromatic nitrogens is 3. The molecule has 0 spiro atoms.